The van der Waals surface area contributed by atoms with Crippen molar-refractivity contribution >= 4 is 16.8 Å². The summed E-state index contributed by atoms with van der Waals surface area (Å²) in [4.78, 5) is 9.32. The van der Waals surface area contributed by atoms with E-state index in [4.69, 9.17) is 0 Å². The molecule has 2 aliphatic rings. The quantitative estimate of drug-likeness (QED) is 0.510. The summed E-state index contributed by atoms with van der Waals surface area (Å²) in [5.41, 5.74) is 2.64. The molecule has 3 unspecified atom stereocenters. The number of aliphatic imine (C=N–C) groups is 1. The molecule has 0 spiro atoms. The number of rotatable bonds is 7. The van der Waals surface area contributed by atoms with E-state index >= 15 is 0 Å². The van der Waals surface area contributed by atoms with Gasteiger partial charge in [-0.1, -0.05) is 37.6 Å². The molecule has 0 radical (unpaired) electrons. The molecule has 7 heteroatoms. The third kappa shape index (κ3) is 7.06. The fourth-order valence-electron chi connectivity index (χ4n) is 4.35. The van der Waals surface area contributed by atoms with Crippen LogP contribution < -0.4 is 10.6 Å². The lowest BCUT2D eigenvalue weighted by Crippen LogP contribution is -2.46. The van der Waals surface area contributed by atoms with Gasteiger partial charge >= 0.3 is 0 Å². The largest absolute Gasteiger partial charge is 0.354 e. The second-order valence-corrected chi connectivity index (χ2v) is 10.6. The monoisotopic (exact) mass is 433 g/mol. The molecule has 2 fully saturated rings. The summed E-state index contributed by atoms with van der Waals surface area (Å²) in [6.07, 6.45) is 4.33. The molecular formula is C23H39N5OS. The Labute approximate surface area is 185 Å². The summed E-state index contributed by atoms with van der Waals surface area (Å²) in [5.74, 6) is 1.60. The van der Waals surface area contributed by atoms with Crippen LogP contribution in [0, 0.1) is 0 Å². The van der Waals surface area contributed by atoms with E-state index in [1.807, 2.05) is 14.0 Å². The first-order valence-corrected chi connectivity index (χ1v) is 12.8. The van der Waals surface area contributed by atoms with Gasteiger partial charge in [0.1, 0.15) is 0 Å². The lowest BCUT2D eigenvalue weighted by atomic mass is 9.95. The Balaban J connectivity index is 1.44. The predicted octanol–water partition coefficient (Wildman–Crippen LogP) is 2.18. The van der Waals surface area contributed by atoms with Gasteiger partial charge in [-0.05, 0) is 37.4 Å². The van der Waals surface area contributed by atoms with Crippen LogP contribution in [0.4, 0.5) is 0 Å². The molecule has 0 bridgehead atoms. The number of hydrogen-bond donors (Lipinski definition) is 2. The van der Waals surface area contributed by atoms with Crippen LogP contribution in [0.25, 0.3) is 0 Å². The number of guanidine groups is 1. The van der Waals surface area contributed by atoms with Crippen molar-refractivity contribution < 1.29 is 4.21 Å². The minimum Gasteiger partial charge on any atom is -0.354 e. The average molecular weight is 434 g/mol. The van der Waals surface area contributed by atoms with E-state index in [0.717, 1.165) is 76.7 Å². The number of benzene rings is 1. The van der Waals surface area contributed by atoms with Gasteiger partial charge in [0, 0.05) is 74.2 Å². The summed E-state index contributed by atoms with van der Waals surface area (Å²) >= 11 is 0. The second kappa shape index (κ2) is 11.8. The van der Waals surface area contributed by atoms with Gasteiger partial charge in [-0.2, -0.15) is 0 Å². The van der Waals surface area contributed by atoms with Crippen LogP contribution in [0.3, 0.4) is 0 Å². The molecule has 3 rings (SSSR count). The van der Waals surface area contributed by atoms with Crippen molar-refractivity contribution in [3.8, 4) is 0 Å². The van der Waals surface area contributed by atoms with Gasteiger partial charge in [-0.15, -0.1) is 0 Å². The van der Waals surface area contributed by atoms with Crippen LogP contribution in [0.15, 0.2) is 29.3 Å². The summed E-state index contributed by atoms with van der Waals surface area (Å²) < 4.78 is 12.2. The van der Waals surface area contributed by atoms with Crippen LogP contribution in [-0.2, 0) is 23.9 Å². The fourth-order valence-corrected chi connectivity index (χ4v) is 5.70. The molecule has 2 N–H and O–H groups in total. The average Bonchev–Trinajstić information content (AvgIpc) is 2.78. The molecular weight excluding hydrogens is 394 g/mol. The molecule has 3 atom stereocenters. The molecule has 1 aromatic carbocycles. The highest BCUT2D eigenvalue weighted by Gasteiger charge is 2.26. The Hall–Kier alpha value is -1.44. The van der Waals surface area contributed by atoms with Gasteiger partial charge in [0.05, 0.1) is 0 Å². The first-order valence-electron chi connectivity index (χ1n) is 11.4. The van der Waals surface area contributed by atoms with Crippen LogP contribution in [0.2, 0.25) is 0 Å². The number of nitrogens with zero attached hydrogens (tertiary/aromatic N) is 3. The van der Waals surface area contributed by atoms with E-state index in [1.54, 1.807) is 0 Å². The van der Waals surface area contributed by atoms with E-state index in [2.05, 4.69) is 56.7 Å². The van der Waals surface area contributed by atoms with Gasteiger partial charge in [0.15, 0.2) is 5.96 Å². The Morgan fingerprint density at radius 1 is 1.13 bits per heavy atom. The van der Waals surface area contributed by atoms with Crippen molar-refractivity contribution in [1.29, 1.82) is 0 Å². The summed E-state index contributed by atoms with van der Waals surface area (Å²) in [5, 5.41) is 7.32. The van der Waals surface area contributed by atoms with Gasteiger partial charge in [0.2, 0.25) is 0 Å². The van der Waals surface area contributed by atoms with Crippen molar-refractivity contribution in [3.63, 3.8) is 0 Å². The van der Waals surface area contributed by atoms with Crippen molar-refractivity contribution in [2.24, 2.45) is 4.99 Å². The van der Waals surface area contributed by atoms with Crippen LogP contribution in [0.5, 0.6) is 0 Å². The molecule has 30 heavy (non-hydrogen) atoms. The third-order valence-corrected chi connectivity index (χ3v) is 8.07. The van der Waals surface area contributed by atoms with Crippen molar-refractivity contribution in [1.82, 2.24) is 20.4 Å². The molecule has 1 saturated carbocycles. The van der Waals surface area contributed by atoms with Crippen molar-refractivity contribution in [2.45, 2.75) is 57.0 Å². The molecule has 0 aromatic heterocycles. The van der Waals surface area contributed by atoms with Crippen molar-refractivity contribution in [2.75, 3.05) is 46.0 Å². The lowest BCUT2D eigenvalue weighted by molar-refractivity contribution is 0.148. The fraction of sp³-hybridized carbons (Fsp3) is 0.696. The second-order valence-electron chi connectivity index (χ2n) is 8.62. The molecule has 1 aliphatic heterocycles. The lowest BCUT2D eigenvalue weighted by Gasteiger charge is -2.32. The van der Waals surface area contributed by atoms with E-state index in [1.165, 1.54) is 11.1 Å². The van der Waals surface area contributed by atoms with Crippen molar-refractivity contribution in [3.05, 3.63) is 35.4 Å². The van der Waals surface area contributed by atoms with E-state index in [0.29, 0.717) is 11.3 Å². The van der Waals surface area contributed by atoms with Gasteiger partial charge in [-0.25, -0.2) is 0 Å². The molecule has 0 amide bonds. The van der Waals surface area contributed by atoms with Crippen LogP contribution in [0.1, 0.15) is 43.7 Å². The number of likely N-dealkylation sites (N-methyl/N-ethyl adjacent to an activating group) is 1. The summed E-state index contributed by atoms with van der Waals surface area (Å²) in [6.45, 7) is 8.42. The highest BCUT2D eigenvalue weighted by Crippen LogP contribution is 2.23. The maximum Gasteiger partial charge on any atom is 0.191 e. The predicted molar refractivity (Wildman–Crippen MR) is 127 cm³/mol. The van der Waals surface area contributed by atoms with E-state index in [9.17, 15) is 4.21 Å². The van der Waals surface area contributed by atoms with Crippen LogP contribution in [-0.4, -0.2) is 77.3 Å². The number of piperazine rings is 1. The van der Waals surface area contributed by atoms with E-state index in [-0.39, 0.29) is 0 Å². The number of nitrogens with one attached hydrogen (secondary N) is 2. The van der Waals surface area contributed by atoms with E-state index < -0.39 is 10.8 Å². The normalized spacial score (nSPS) is 25.1. The van der Waals surface area contributed by atoms with Crippen LogP contribution >= 0.6 is 0 Å². The zero-order valence-corrected chi connectivity index (χ0v) is 19.7. The van der Waals surface area contributed by atoms with Gasteiger partial charge < -0.3 is 15.5 Å². The number of hydrogen-bond acceptors (Lipinski definition) is 4. The maximum atomic E-state index is 12.2. The summed E-state index contributed by atoms with van der Waals surface area (Å²) in [7, 11) is 3.32. The molecule has 6 nitrogen and oxygen atoms in total. The third-order valence-electron chi connectivity index (χ3n) is 6.33. The Bertz CT molecular complexity index is 700. The van der Waals surface area contributed by atoms with Gasteiger partial charge in [0.25, 0.3) is 0 Å². The molecule has 1 aromatic rings. The SMILES string of the molecule is CCS(=O)C1CCCC(NC(=NC)NCc2ccc(CN3CCN(C)CC3)cc2)C1. The molecule has 168 valence electrons. The zero-order chi connectivity index (χ0) is 21.3. The minimum atomic E-state index is -0.698. The first-order chi connectivity index (χ1) is 14.6. The standard InChI is InChI=1S/C23H39N5OS/c1-4-30(29)22-7-5-6-21(16-22)26-23(24-2)25-17-19-8-10-20(11-9-19)18-28-14-12-27(3)13-15-28/h8-11,21-22H,4-7,12-18H2,1-3H3,(H2,24,25,26). The maximum absolute atomic E-state index is 12.2. The summed E-state index contributed by atoms with van der Waals surface area (Å²) in [6, 6.07) is 9.28. The Kier molecular flexibility index (Phi) is 9.15. The molecule has 1 heterocycles. The zero-order valence-electron chi connectivity index (χ0n) is 18.9. The van der Waals surface area contributed by atoms with Gasteiger partial charge in [-0.3, -0.25) is 14.1 Å². The Morgan fingerprint density at radius 3 is 2.50 bits per heavy atom. The first kappa shape index (κ1) is 23.2. The topological polar surface area (TPSA) is 60.0 Å². The molecule has 1 aliphatic carbocycles. The molecule has 1 saturated heterocycles. The highest BCUT2D eigenvalue weighted by molar-refractivity contribution is 7.85. The smallest absolute Gasteiger partial charge is 0.191 e. The highest BCUT2D eigenvalue weighted by atomic mass is 32.2. The Morgan fingerprint density at radius 2 is 1.83 bits per heavy atom. The minimum absolute atomic E-state index is 0.326.